The van der Waals surface area contributed by atoms with Crippen LogP contribution in [0.5, 0.6) is 0 Å². The lowest BCUT2D eigenvalue weighted by molar-refractivity contribution is 0.0694. The highest BCUT2D eigenvalue weighted by molar-refractivity contribution is 7.91. The van der Waals surface area contributed by atoms with Gasteiger partial charge in [-0.2, -0.15) is 0 Å². The SMILES string of the molecule is O=C(O)c1ccc(N2CCS(=O)(=O)c3cc(C(=O)N4CCCCC4)ccc32)cc1. The Morgan fingerprint density at radius 1 is 0.862 bits per heavy atom. The Balaban J connectivity index is 1.70. The van der Waals surface area contributed by atoms with Gasteiger partial charge in [0.1, 0.15) is 0 Å². The quantitative estimate of drug-likeness (QED) is 0.830. The van der Waals surface area contributed by atoms with Crippen molar-refractivity contribution in [2.45, 2.75) is 24.2 Å². The minimum Gasteiger partial charge on any atom is -0.478 e. The monoisotopic (exact) mass is 414 g/mol. The fourth-order valence-corrected chi connectivity index (χ4v) is 5.34. The van der Waals surface area contributed by atoms with E-state index in [-0.39, 0.29) is 28.7 Å². The second-order valence-electron chi connectivity index (χ2n) is 7.36. The van der Waals surface area contributed by atoms with E-state index < -0.39 is 15.8 Å². The van der Waals surface area contributed by atoms with E-state index in [9.17, 15) is 18.0 Å². The average Bonchev–Trinajstić information content (AvgIpc) is 2.74. The molecule has 0 radical (unpaired) electrons. The van der Waals surface area contributed by atoms with Crippen LogP contribution in [0.2, 0.25) is 0 Å². The number of anilines is 2. The number of piperidine rings is 1. The van der Waals surface area contributed by atoms with Gasteiger partial charge < -0.3 is 14.9 Å². The van der Waals surface area contributed by atoms with Crippen LogP contribution in [0.3, 0.4) is 0 Å². The summed E-state index contributed by atoms with van der Waals surface area (Å²) < 4.78 is 25.4. The number of carboxylic acids is 1. The van der Waals surface area contributed by atoms with Crippen molar-refractivity contribution in [2.75, 3.05) is 30.3 Å². The number of carbonyl (C=O) groups is 2. The molecule has 0 aliphatic carbocycles. The van der Waals surface area contributed by atoms with Gasteiger partial charge in [0, 0.05) is 30.9 Å². The van der Waals surface area contributed by atoms with Crippen molar-refractivity contribution < 1.29 is 23.1 Å². The Bertz CT molecular complexity index is 1060. The number of hydrogen-bond acceptors (Lipinski definition) is 5. The highest BCUT2D eigenvalue weighted by Gasteiger charge is 2.31. The molecule has 2 heterocycles. The third kappa shape index (κ3) is 3.72. The summed E-state index contributed by atoms with van der Waals surface area (Å²) in [6, 6.07) is 11.2. The smallest absolute Gasteiger partial charge is 0.335 e. The van der Waals surface area contributed by atoms with E-state index in [1.165, 1.54) is 18.2 Å². The third-order valence-electron chi connectivity index (χ3n) is 5.49. The first-order chi connectivity index (χ1) is 13.9. The number of sulfone groups is 1. The topological polar surface area (TPSA) is 95.0 Å². The van der Waals surface area contributed by atoms with E-state index in [1.54, 1.807) is 29.2 Å². The number of hydrogen-bond donors (Lipinski definition) is 1. The summed E-state index contributed by atoms with van der Waals surface area (Å²) in [5, 5.41) is 9.07. The zero-order valence-corrected chi connectivity index (χ0v) is 16.7. The van der Waals surface area contributed by atoms with Crippen LogP contribution in [-0.2, 0) is 9.84 Å². The zero-order valence-electron chi connectivity index (χ0n) is 15.9. The molecule has 4 rings (SSSR count). The van der Waals surface area contributed by atoms with Gasteiger partial charge in [0.2, 0.25) is 0 Å². The molecule has 0 bridgehead atoms. The molecule has 0 unspecified atom stereocenters. The van der Waals surface area contributed by atoms with Crippen molar-refractivity contribution in [3.63, 3.8) is 0 Å². The van der Waals surface area contributed by atoms with Gasteiger partial charge in [0.15, 0.2) is 9.84 Å². The number of benzene rings is 2. The van der Waals surface area contributed by atoms with Gasteiger partial charge in [0.05, 0.1) is 21.9 Å². The molecule has 1 saturated heterocycles. The Labute approximate surface area is 169 Å². The largest absolute Gasteiger partial charge is 0.478 e. The van der Waals surface area contributed by atoms with Crippen molar-refractivity contribution in [3.05, 3.63) is 53.6 Å². The molecular formula is C21H22N2O5S. The number of carboxylic acid groups (broad SMARTS) is 1. The second kappa shape index (κ2) is 7.51. The molecule has 2 aliphatic heterocycles. The van der Waals surface area contributed by atoms with E-state index in [0.717, 1.165) is 19.3 Å². The number of fused-ring (bicyclic) bond motifs is 1. The van der Waals surface area contributed by atoms with E-state index in [4.69, 9.17) is 5.11 Å². The van der Waals surface area contributed by atoms with Crippen LogP contribution in [0.1, 0.15) is 40.0 Å². The molecule has 29 heavy (non-hydrogen) atoms. The minimum atomic E-state index is -3.50. The Hall–Kier alpha value is -2.87. The molecular weight excluding hydrogens is 392 g/mol. The van der Waals surface area contributed by atoms with Crippen molar-refractivity contribution in [1.82, 2.24) is 4.90 Å². The summed E-state index contributed by atoms with van der Waals surface area (Å²) in [4.78, 5) is 27.7. The van der Waals surface area contributed by atoms with E-state index in [0.29, 0.717) is 30.0 Å². The van der Waals surface area contributed by atoms with Crippen LogP contribution in [-0.4, -0.2) is 55.7 Å². The van der Waals surface area contributed by atoms with Crippen LogP contribution in [0.4, 0.5) is 11.4 Å². The molecule has 0 spiro atoms. The lowest BCUT2D eigenvalue weighted by atomic mass is 10.1. The van der Waals surface area contributed by atoms with Gasteiger partial charge in [-0.25, -0.2) is 13.2 Å². The lowest BCUT2D eigenvalue weighted by Gasteiger charge is -2.32. The molecule has 0 saturated carbocycles. The second-order valence-corrected chi connectivity index (χ2v) is 9.44. The van der Waals surface area contributed by atoms with Crippen LogP contribution < -0.4 is 4.90 Å². The van der Waals surface area contributed by atoms with Crippen molar-refractivity contribution >= 4 is 33.1 Å². The highest BCUT2D eigenvalue weighted by Crippen LogP contribution is 2.36. The maximum Gasteiger partial charge on any atom is 0.335 e. The molecule has 1 amide bonds. The fraction of sp³-hybridized carbons (Fsp3) is 0.333. The van der Waals surface area contributed by atoms with Crippen LogP contribution >= 0.6 is 0 Å². The summed E-state index contributed by atoms with van der Waals surface area (Å²) in [5.41, 5.74) is 1.77. The summed E-state index contributed by atoms with van der Waals surface area (Å²) in [6.45, 7) is 1.66. The number of rotatable bonds is 3. The Morgan fingerprint density at radius 3 is 2.17 bits per heavy atom. The van der Waals surface area contributed by atoms with Gasteiger partial charge in [-0.3, -0.25) is 4.79 Å². The van der Waals surface area contributed by atoms with Gasteiger partial charge in [-0.1, -0.05) is 0 Å². The molecule has 1 N–H and O–H groups in total. The molecule has 2 aliphatic rings. The van der Waals surface area contributed by atoms with Crippen LogP contribution in [0.15, 0.2) is 47.4 Å². The predicted octanol–water partition coefficient (Wildman–Crippen LogP) is 2.94. The summed E-state index contributed by atoms with van der Waals surface area (Å²) in [6.07, 6.45) is 3.04. The number of aromatic carboxylic acids is 1. The third-order valence-corrected chi connectivity index (χ3v) is 7.20. The number of likely N-dealkylation sites (tertiary alicyclic amines) is 1. The summed E-state index contributed by atoms with van der Waals surface area (Å²) in [7, 11) is -3.50. The van der Waals surface area contributed by atoms with Crippen LogP contribution in [0.25, 0.3) is 0 Å². The van der Waals surface area contributed by atoms with Gasteiger partial charge in [0.25, 0.3) is 5.91 Å². The highest BCUT2D eigenvalue weighted by atomic mass is 32.2. The summed E-state index contributed by atoms with van der Waals surface area (Å²) >= 11 is 0. The van der Waals surface area contributed by atoms with E-state index in [1.807, 2.05) is 4.90 Å². The first kappa shape index (κ1) is 19.4. The minimum absolute atomic E-state index is 0.0674. The predicted molar refractivity (Wildman–Crippen MR) is 109 cm³/mol. The van der Waals surface area contributed by atoms with Crippen molar-refractivity contribution in [3.8, 4) is 0 Å². The van der Waals surface area contributed by atoms with Crippen molar-refractivity contribution in [1.29, 1.82) is 0 Å². The van der Waals surface area contributed by atoms with E-state index in [2.05, 4.69) is 0 Å². The number of carbonyl (C=O) groups excluding carboxylic acids is 1. The molecule has 2 aromatic carbocycles. The molecule has 1 fully saturated rings. The molecule has 0 atom stereocenters. The number of amides is 1. The Kier molecular flexibility index (Phi) is 5.04. The summed E-state index contributed by atoms with van der Waals surface area (Å²) in [5.74, 6) is -1.22. The van der Waals surface area contributed by atoms with Crippen molar-refractivity contribution in [2.24, 2.45) is 0 Å². The molecule has 152 valence electrons. The first-order valence-electron chi connectivity index (χ1n) is 9.64. The molecule has 8 heteroatoms. The van der Waals surface area contributed by atoms with Gasteiger partial charge >= 0.3 is 5.97 Å². The van der Waals surface area contributed by atoms with Gasteiger partial charge in [-0.15, -0.1) is 0 Å². The van der Waals surface area contributed by atoms with E-state index >= 15 is 0 Å². The zero-order chi connectivity index (χ0) is 20.6. The maximum atomic E-state index is 12.8. The molecule has 0 aromatic heterocycles. The normalized spacial score (nSPS) is 18.2. The fourth-order valence-electron chi connectivity index (χ4n) is 3.89. The average molecular weight is 414 g/mol. The first-order valence-corrected chi connectivity index (χ1v) is 11.3. The molecule has 7 nitrogen and oxygen atoms in total. The van der Waals surface area contributed by atoms with Crippen LogP contribution in [0, 0.1) is 0 Å². The Morgan fingerprint density at radius 2 is 1.52 bits per heavy atom. The lowest BCUT2D eigenvalue weighted by Crippen LogP contribution is -2.36. The van der Waals surface area contributed by atoms with Gasteiger partial charge in [-0.05, 0) is 61.7 Å². The maximum absolute atomic E-state index is 12.8. The standard InChI is InChI=1S/C21H22N2O5S/c24-20(22-10-2-1-3-11-22)16-6-9-18-19(14-16)29(27,28)13-12-23(18)17-7-4-15(5-8-17)21(25)26/h4-9,14H,1-3,10-13H2,(H,25,26). The molecule has 2 aromatic rings. The number of nitrogens with zero attached hydrogens (tertiary/aromatic N) is 2.